The van der Waals surface area contributed by atoms with Crippen LogP contribution in [0.25, 0.3) is 10.4 Å². The zero-order chi connectivity index (χ0) is 26.6. The van der Waals surface area contributed by atoms with Gasteiger partial charge in [0.05, 0.1) is 22.2 Å². The molecule has 1 saturated heterocycles. The van der Waals surface area contributed by atoms with Crippen molar-refractivity contribution in [2.24, 2.45) is 17.1 Å². The van der Waals surface area contributed by atoms with E-state index in [0.29, 0.717) is 6.42 Å². The molecule has 1 aromatic heterocycles. The number of likely N-dealkylation sites (tertiary alicyclic amines) is 1. The Kier molecular flexibility index (Phi) is 8.73. The van der Waals surface area contributed by atoms with Crippen LogP contribution in [0.2, 0.25) is 0 Å². The Morgan fingerprint density at radius 3 is 2.50 bits per heavy atom. The molecule has 10 heteroatoms. The van der Waals surface area contributed by atoms with E-state index in [0.717, 1.165) is 21.7 Å². The van der Waals surface area contributed by atoms with Crippen LogP contribution in [0.5, 0.6) is 0 Å². The molecule has 0 aliphatic carbocycles. The lowest BCUT2D eigenvalue weighted by Crippen LogP contribution is -2.52. The lowest BCUT2D eigenvalue weighted by atomic mass is 9.82. The molecule has 36 heavy (non-hydrogen) atoms. The van der Waals surface area contributed by atoms with Gasteiger partial charge in [0.1, 0.15) is 6.04 Å². The van der Waals surface area contributed by atoms with Crippen molar-refractivity contribution in [3.8, 4) is 10.4 Å². The van der Waals surface area contributed by atoms with Crippen molar-refractivity contribution < 1.29 is 24.2 Å². The van der Waals surface area contributed by atoms with Crippen LogP contribution in [-0.4, -0.2) is 57.7 Å². The molecule has 2 heterocycles. The normalized spacial score (nSPS) is 19.6. The molecule has 0 saturated carbocycles. The SMILES string of the molecule is Cc1ncsc1-c1ccc(CNC(=O)[C@@H]2C[C@@H](O)CN2C(=O)[C@@H](OC(N)=O)C(C)CC(C)(C)C)cc1. The number of aliphatic hydroxyl groups is 1. The second kappa shape index (κ2) is 11.4. The van der Waals surface area contributed by atoms with E-state index in [-0.39, 0.29) is 36.8 Å². The molecule has 1 aliphatic heterocycles. The number of β-amino-alcohol motifs (C(OH)–C–C–N with tert-alkyl or cyclic N) is 1. The smallest absolute Gasteiger partial charge is 0.405 e. The minimum atomic E-state index is -1.13. The molecule has 1 aromatic carbocycles. The number of nitrogens with zero attached hydrogens (tertiary/aromatic N) is 2. The first kappa shape index (κ1) is 27.6. The first-order chi connectivity index (χ1) is 16.9. The number of rotatable bonds is 8. The maximum Gasteiger partial charge on any atom is 0.405 e. The molecule has 0 spiro atoms. The first-order valence-corrected chi connectivity index (χ1v) is 13.0. The number of benzene rings is 1. The number of hydrogen-bond donors (Lipinski definition) is 3. The number of nitrogens with one attached hydrogen (secondary N) is 1. The van der Waals surface area contributed by atoms with Crippen LogP contribution < -0.4 is 11.1 Å². The molecule has 9 nitrogen and oxygen atoms in total. The summed E-state index contributed by atoms with van der Waals surface area (Å²) < 4.78 is 5.21. The van der Waals surface area contributed by atoms with Crippen molar-refractivity contribution in [1.29, 1.82) is 0 Å². The Balaban J connectivity index is 1.68. The molecule has 1 fully saturated rings. The maximum absolute atomic E-state index is 13.4. The summed E-state index contributed by atoms with van der Waals surface area (Å²) in [6.45, 7) is 10.1. The van der Waals surface area contributed by atoms with Crippen LogP contribution >= 0.6 is 11.3 Å². The van der Waals surface area contributed by atoms with E-state index in [1.54, 1.807) is 11.3 Å². The third-order valence-electron chi connectivity index (χ3n) is 6.23. The summed E-state index contributed by atoms with van der Waals surface area (Å²) >= 11 is 1.58. The third kappa shape index (κ3) is 7.04. The van der Waals surface area contributed by atoms with E-state index >= 15 is 0 Å². The number of nitrogens with two attached hydrogens (primary N) is 1. The number of thiazole rings is 1. The molecule has 1 aliphatic rings. The number of amides is 3. The van der Waals surface area contributed by atoms with Crippen LogP contribution in [-0.2, 0) is 20.9 Å². The number of hydrogen-bond acceptors (Lipinski definition) is 7. The minimum Gasteiger partial charge on any atom is -0.436 e. The highest BCUT2D eigenvalue weighted by molar-refractivity contribution is 7.13. The predicted molar refractivity (Wildman–Crippen MR) is 138 cm³/mol. The lowest BCUT2D eigenvalue weighted by molar-refractivity contribution is -0.148. The maximum atomic E-state index is 13.4. The van der Waals surface area contributed by atoms with E-state index in [1.165, 1.54) is 4.90 Å². The fraction of sp³-hybridized carbons (Fsp3) is 0.538. The van der Waals surface area contributed by atoms with Gasteiger partial charge in [0.15, 0.2) is 6.10 Å². The van der Waals surface area contributed by atoms with Crippen molar-refractivity contribution in [3.05, 3.63) is 41.0 Å². The Bertz CT molecular complexity index is 1080. The fourth-order valence-corrected chi connectivity index (χ4v) is 5.55. The summed E-state index contributed by atoms with van der Waals surface area (Å²) in [7, 11) is 0. The summed E-state index contributed by atoms with van der Waals surface area (Å²) in [6.07, 6.45) is -2.32. The van der Waals surface area contributed by atoms with Gasteiger partial charge in [-0.3, -0.25) is 9.59 Å². The highest BCUT2D eigenvalue weighted by Crippen LogP contribution is 2.30. The van der Waals surface area contributed by atoms with Crippen LogP contribution in [0.1, 0.15) is 51.8 Å². The lowest BCUT2D eigenvalue weighted by Gasteiger charge is -2.32. The molecule has 2 aromatic rings. The Hall–Kier alpha value is -2.98. The molecular formula is C26H36N4O5S. The van der Waals surface area contributed by atoms with Crippen LogP contribution in [0.3, 0.4) is 0 Å². The predicted octanol–water partition coefficient (Wildman–Crippen LogP) is 3.23. The van der Waals surface area contributed by atoms with Gasteiger partial charge in [0, 0.05) is 25.4 Å². The van der Waals surface area contributed by atoms with Gasteiger partial charge >= 0.3 is 6.09 Å². The van der Waals surface area contributed by atoms with Crippen LogP contribution in [0.4, 0.5) is 4.79 Å². The second-order valence-corrected chi connectivity index (χ2v) is 11.5. The van der Waals surface area contributed by atoms with Gasteiger partial charge in [-0.05, 0) is 29.9 Å². The van der Waals surface area contributed by atoms with Crippen molar-refractivity contribution in [3.63, 3.8) is 0 Å². The number of aliphatic hydroxyl groups excluding tert-OH is 1. The standard InChI is InChI=1S/C26H36N4O5S/c1-15(11-26(3,4)5)21(35-25(27)34)24(33)30-13-19(31)10-20(30)23(32)28-12-17-6-8-18(9-7-17)22-16(2)29-14-36-22/h6-9,14-15,19-21,31H,10-13H2,1-5H3,(H2,27,34)(H,28,32)/t15?,19-,20+,21+/m1/s1. The topological polar surface area (TPSA) is 135 Å². The van der Waals surface area contributed by atoms with Crippen molar-refractivity contribution >= 4 is 29.2 Å². The highest BCUT2D eigenvalue weighted by atomic mass is 32.1. The zero-order valence-corrected chi connectivity index (χ0v) is 22.3. The molecule has 1 unspecified atom stereocenters. The van der Waals surface area contributed by atoms with E-state index < -0.39 is 30.3 Å². The van der Waals surface area contributed by atoms with Crippen molar-refractivity contribution in [1.82, 2.24) is 15.2 Å². The molecule has 0 bridgehead atoms. The molecule has 3 amide bonds. The monoisotopic (exact) mass is 516 g/mol. The van der Waals surface area contributed by atoms with Gasteiger partial charge in [0.2, 0.25) is 5.91 Å². The average molecular weight is 517 g/mol. The summed E-state index contributed by atoms with van der Waals surface area (Å²) in [6, 6.07) is 6.98. The summed E-state index contributed by atoms with van der Waals surface area (Å²) in [5.74, 6) is -1.22. The number of primary amides is 1. The van der Waals surface area contributed by atoms with E-state index in [9.17, 15) is 19.5 Å². The van der Waals surface area contributed by atoms with Gasteiger partial charge in [-0.2, -0.15) is 0 Å². The molecule has 4 N–H and O–H groups in total. The second-order valence-electron chi connectivity index (χ2n) is 10.7. The first-order valence-electron chi connectivity index (χ1n) is 12.1. The molecule has 196 valence electrons. The summed E-state index contributed by atoms with van der Waals surface area (Å²) in [5.41, 5.74) is 9.88. The number of carbonyl (C=O) groups excluding carboxylic acids is 3. The number of ether oxygens (including phenoxy) is 1. The third-order valence-corrected chi connectivity index (χ3v) is 7.21. The fourth-order valence-electron chi connectivity index (χ4n) is 4.74. The van der Waals surface area contributed by atoms with Gasteiger partial charge in [-0.15, -0.1) is 11.3 Å². The van der Waals surface area contributed by atoms with E-state index in [4.69, 9.17) is 10.5 Å². The average Bonchev–Trinajstić information content (AvgIpc) is 3.40. The van der Waals surface area contributed by atoms with Gasteiger partial charge in [-0.25, -0.2) is 9.78 Å². The van der Waals surface area contributed by atoms with Gasteiger partial charge in [-0.1, -0.05) is 52.0 Å². The molecular weight excluding hydrogens is 480 g/mol. The highest BCUT2D eigenvalue weighted by Gasteiger charge is 2.44. The number of aromatic nitrogens is 1. The molecule has 4 atom stereocenters. The van der Waals surface area contributed by atoms with Crippen molar-refractivity contribution in [2.45, 2.75) is 72.3 Å². The summed E-state index contributed by atoms with van der Waals surface area (Å²) in [5, 5.41) is 13.1. The molecule has 3 rings (SSSR count). The minimum absolute atomic E-state index is 0.0132. The quantitative estimate of drug-likeness (QED) is 0.493. The van der Waals surface area contributed by atoms with Gasteiger partial charge < -0.3 is 25.8 Å². The number of aryl methyl sites for hydroxylation is 1. The van der Waals surface area contributed by atoms with Crippen LogP contribution in [0.15, 0.2) is 29.8 Å². The van der Waals surface area contributed by atoms with E-state index in [2.05, 4.69) is 10.3 Å². The molecule has 0 radical (unpaired) electrons. The zero-order valence-electron chi connectivity index (χ0n) is 21.5. The van der Waals surface area contributed by atoms with E-state index in [1.807, 2.05) is 64.4 Å². The largest absolute Gasteiger partial charge is 0.436 e. The van der Waals surface area contributed by atoms with Crippen molar-refractivity contribution in [2.75, 3.05) is 6.54 Å². The summed E-state index contributed by atoms with van der Waals surface area (Å²) in [4.78, 5) is 44.7. The van der Waals surface area contributed by atoms with Gasteiger partial charge in [0.25, 0.3) is 5.91 Å². The Morgan fingerprint density at radius 2 is 1.94 bits per heavy atom. The number of carbonyl (C=O) groups is 3. The Labute approximate surface area is 216 Å². The Morgan fingerprint density at radius 1 is 1.28 bits per heavy atom. The van der Waals surface area contributed by atoms with Crippen LogP contribution in [0, 0.1) is 18.3 Å².